The maximum absolute atomic E-state index is 12.8. The first-order chi connectivity index (χ1) is 25.0. The molecule has 0 aliphatic carbocycles. The van der Waals surface area contributed by atoms with Crippen LogP contribution in [0.15, 0.2) is 36.5 Å². The van der Waals surface area contributed by atoms with Gasteiger partial charge in [0.2, 0.25) is 5.91 Å². The molecule has 9 heteroatoms. The van der Waals surface area contributed by atoms with Gasteiger partial charge in [-0.15, -0.1) is 0 Å². The average Bonchev–Trinajstić information content (AvgIpc) is 3.09. The summed E-state index contributed by atoms with van der Waals surface area (Å²) in [6, 6.07) is -0.765. The van der Waals surface area contributed by atoms with Crippen molar-refractivity contribution in [3.63, 3.8) is 0 Å². The van der Waals surface area contributed by atoms with Crippen LogP contribution in [-0.2, 0) is 18.4 Å². The van der Waals surface area contributed by atoms with Gasteiger partial charge in [-0.1, -0.05) is 159 Å². The molecule has 0 aromatic heterocycles. The van der Waals surface area contributed by atoms with E-state index in [0.717, 1.165) is 64.2 Å². The van der Waals surface area contributed by atoms with E-state index in [0.29, 0.717) is 23.9 Å². The Kier molecular flexibility index (Phi) is 34.6. The number of aliphatic hydroxyl groups excluding tert-OH is 1. The fraction of sp³-hybridized carbons (Fsp3) is 0.837. The summed E-state index contributed by atoms with van der Waals surface area (Å²) in [6.45, 7) is 4.83. The van der Waals surface area contributed by atoms with Gasteiger partial charge in [0.05, 0.1) is 39.9 Å². The molecule has 8 nitrogen and oxygen atoms in total. The predicted molar refractivity (Wildman–Crippen MR) is 221 cm³/mol. The minimum Gasteiger partial charge on any atom is -0.391 e. The highest BCUT2D eigenvalue weighted by atomic mass is 31.2. The van der Waals surface area contributed by atoms with E-state index in [1.165, 1.54) is 89.9 Å². The zero-order valence-corrected chi connectivity index (χ0v) is 35.4. The van der Waals surface area contributed by atoms with Crippen LogP contribution in [0.1, 0.15) is 181 Å². The van der Waals surface area contributed by atoms with Crippen LogP contribution in [0.3, 0.4) is 0 Å². The van der Waals surface area contributed by atoms with E-state index in [1.54, 1.807) is 0 Å². The number of phosphoric ester groups is 1. The number of nitrogens with zero attached hydrogens (tertiary/aromatic N) is 1. The smallest absolute Gasteiger partial charge is 0.391 e. The number of likely N-dealkylation sites (N-methyl/N-ethyl adjacent to an activating group) is 1. The van der Waals surface area contributed by atoms with Crippen molar-refractivity contribution in [3.05, 3.63) is 36.5 Å². The van der Waals surface area contributed by atoms with Crippen molar-refractivity contribution in [3.8, 4) is 0 Å². The van der Waals surface area contributed by atoms with Gasteiger partial charge in [-0.25, -0.2) is 4.57 Å². The van der Waals surface area contributed by atoms with Gasteiger partial charge in [0.15, 0.2) is 0 Å². The summed E-state index contributed by atoms with van der Waals surface area (Å²) in [5, 5.41) is 13.9. The first-order valence-electron chi connectivity index (χ1n) is 21.4. The van der Waals surface area contributed by atoms with Gasteiger partial charge < -0.3 is 19.8 Å². The molecule has 0 spiro atoms. The fourth-order valence-corrected chi connectivity index (χ4v) is 6.67. The van der Waals surface area contributed by atoms with E-state index < -0.39 is 20.0 Å². The Hall–Kier alpha value is -1.28. The van der Waals surface area contributed by atoms with Crippen molar-refractivity contribution < 1.29 is 32.9 Å². The summed E-state index contributed by atoms with van der Waals surface area (Å²) >= 11 is 0. The van der Waals surface area contributed by atoms with Gasteiger partial charge >= 0.3 is 7.82 Å². The van der Waals surface area contributed by atoms with Gasteiger partial charge in [-0.2, -0.15) is 0 Å². The van der Waals surface area contributed by atoms with Gasteiger partial charge in [0, 0.05) is 6.42 Å². The van der Waals surface area contributed by atoms with Crippen LogP contribution in [0.4, 0.5) is 0 Å². The number of carbonyl (C=O) groups excluding carboxylic acids is 1. The second kappa shape index (κ2) is 35.4. The van der Waals surface area contributed by atoms with Crippen LogP contribution in [0.5, 0.6) is 0 Å². The molecule has 0 aliphatic heterocycles. The molecule has 0 fully saturated rings. The van der Waals surface area contributed by atoms with Crippen molar-refractivity contribution in [1.29, 1.82) is 0 Å². The number of nitrogens with one attached hydrogen (secondary N) is 1. The highest BCUT2D eigenvalue weighted by Crippen LogP contribution is 2.43. The standard InChI is InChI=1S/C43H83N2O6P/c1-6-8-10-12-14-16-17-18-19-20-21-22-23-24-25-26-27-29-31-33-35-37-43(47)44-41(40-51-52(48,49)50-39-38-45(3,4)5)42(46)36-34-32-30-28-15-13-11-9-7-2/h17-18,20-21,23-24,41-42,46H,6-16,19,22,25-40H2,1-5H3,(H-,44,47,48,49)/p+1/b18-17-,21-20-,24-23-. The van der Waals surface area contributed by atoms with E-state index in [4.69, 9.17) is 9.05 Å². The molecule has 0 aliphatic rings. The van der Waals surface area contributed by atoms with Crippen LogP contribution in [0, 0.1) is 0 Å². The van der Waals surface area contributed by atoms with Gasteiger partial charge in [-0.3, -0.25) is 13.8 Å². The number of amides is 1. The molecule has 1 amide bonds. The van der Waals surface area contributed by atoms with Crippen LogP contribution >= 0.6 is 7.82 Å². The van der Waals surface area contributed by atoms with E-state index in [-0.39, 0.29) is 19.1 Å². The Balaban J connectivity index is 4.31. The third-order valence-corrected chi connectivity index (χ3v) is 10.4. The fourth-order valence-electron chi connectivity index (χ4n) is 5.93. The van der Waals surface area contributed by atoms with Crippen LogP contribution < -0.4 is 5.32 Å². The predicted octanol–water partition coefficient (Wildman–Crippen LogP) is 11.5. The maximum Gasteiger partial charge on any atom is 0.472 e. The number of hydrogen-bond donors (Lipinski definition) is 3. The highest BCUT2D eigenvalue weighted by molar-refractivity contribution is 7.47. The Bertz CT molecular complexity index is 948. The third kappa shape index (κ3) is 37.1. The minimum atomic E-state index is -4.31. The number of quaternary nitrogens is 1. The molecule has 0 saturated heterocycles. The Morgan fingerprint density at radius 2 is 1.10 bits per heavy atom. The quantitative estimate of drug-likeness (QED) is 0.0251. The van der Waals surface area contributed by atoms with E-state index >= 15 is 0 Å². The molecule has 0 rings (SSSR count). The maximum atomic E-state index is 12.8. The van der Waals surface area contributed by atoms with Crippen LogP contribution in [0.25, 0.3) is 0 Å². The summed E-state index contributed by atoms with van der Waals surface area (Å²) in [6.07, 6.45) is 41.7. The molecule has 52 heavy (non-hydrogen) atoms. The topological polar surface area (TPSA) is 105 Å². The normalized spacial score (nSPS) is 14.8. The summed E-state index contributed by atoms with van der Waals surface area (Å²) in [7, 11) is 1.60. The number of allylic oxidation sites excluding steroid dienone is 6. The lowest BCUT2D eigenvalue weighted by Gasteiger charge is -2.26. The third-order valence-electron chi connectivity index (χ3n) is 9.39. The van der Waals surface area contributed by atoms with Crippen molar-refractivity contribution in [2.24, 2.45) is 0 Å². The Labute approximate surface area is 321 Å². The minimum absolute atomic E-state index is 0.0707. The first kappa shape index (κ1) is 50.7. The molecule has 0 bridgehead atoms. The molecule has 0 radical (unpaired) electrons. The first-order valence-corrected chi connectivity index (χ1v) is 22.8. The molecule has 0 saturated carbocycles. The average molecular weight is 756 g/mol. The van der Waals surface area contributed by atoms with Crippen molar-refractivity contribution in [2.45, 2.75) is 193 Å². The largest absolute Gasteiger partial charge is 0.472 e. The highest BCUT2D eigenvalue weighted by Gasteiger charge is 2.28. The molecule has 306 valence electrons. The lowest BCUT2D eigenvalue weighted by atomic mass is 10.0. The number of phosphoric acid groups is 1. The van der Waals surface area contributed by atoms with E-state index in [2.05, 4.69) is 55.6 Å². The summed E-state index contributed by atoms with van der Waals surface area (Å²) in [5.41, 5.74) is 0. The molecule has 3 atom stereocenters. The summed E-state index contributed by atoms with van der Waals surface area (Å²) < 4.78 is 23.5. The van der Waals surface area contributed by atoms with Gasteiger partial charge in [-0.05, 0) is 51.4 Å². The molecule has 0 aromatic rings. The van der Waals surface area contributed by atoms with Crippen LogP contribution in [-0.4, -0.2) is 73.4 Å². The van der Waals surface area contributed by atoms with E-state index in [9.17, 15) is 19.4 Å². The molecule has 3 N–H and O–H groups in total. The number of rotatable bonds is 38. The SMILES string of the molecule is CCCCCCC/C=C\C/C=C\C/C=C\CCCCCCCCC(=O)NC(COP(=O)(O)OCC[N+](C)(C)C)C(O)CCCCCCCCCCC. The molecule has 0 aromatic carbocycles. The molecular formula is C43H84N2O6P+. The van der Waals surface area contributed by atoms with Gasteiger partial charge in [0.25, 0.3) is 0 Å². The molecule has 0 heterocycles. The lowest BCUT2D eigenvalue weighted by Crippen LogP contribution is -2.46. The van der Waals surface area contributed by atoms with Crippen molar-refractivity contribution in [2.75, 3.05) is 40.9 Å². The zero-order valence-electron chi connectivity index (χ0n) is 34.5. The van der Waals surface area contributed by atoms with Crippen LogP contribution in [0.2, 0.25) is 0 Å². The van der Waals surface area contributed by atoms with E-state index in [1.807, 2.05) is 21.1 Å². The number of hydrogen-bond acceptors (Lipinski definition) is 5. The second-order valence-electron chi connectivity index (χ2n) is 15.7. The number of unbranched alkanes of at least 4 members (excludes halogenated alkanes) is 19. The zero-order chi connectivity index (χ0) is 38.6. The van der Waals surface area contributed by atoms with Crippen molar-refractivity contribution >= 4 is 13.7 Å². The molecule has 3 unspecified atom stereocenters. The number of carbonyl (C=O) groups is 1. The second-order valence-corrected chi connectivity index (χ2v) is 17.2. The Morgan fingerprint density at radius 1 is 0.654 bits per heavy atom. The lowest BCUT2D eigenvalue weighted by molar-refractivity contribution is -0.870. The summed E-state index contributed by atoms with van der Waals surface area (Å²) in [4.78, 5) is 23.0. The Morgan fingerprint density at radius 3 is 1.60 bits per heavy atom. The molecular weight excluding hydrogens is 671 g/mol. The van der Waals surface area contributed by atoms with Crippen molar-refractivity contribution in [1.82, 2.24) is 5.32 Å². The van der Waals surface area contributed by atoms with Gasteiger partial charge in [0.1, 0.15) is 13.2 Å². The summed E-state index contributed by atoms with van der Waals surface area (Å²) in [5.74, 6) is -0.161. The monoisotopic (exact) mass is 756 g/mol. The number of aliphatic hydroxyl groups is 1.